The lowest BCUT2D eigenvalue weighted by Gasteiger charge is -2.39. The second-order valence-corrected chi connectivity index (χ2v) is 12.7. The third kappa shape index (κ3) is 5.64. The van der Waals surface area contributed by atoms with Crippen LogP contribution < -0.4 is 5.32 Å². The van der Waals surface area contributed by atoms with Crippen molar-refractivity contribution in [3.8, 4) is 0 Å². The number of nitrogens with one attached hydrogen (secondary N) is 1. The van der Waals surface area contributed by atoms with E-state index in [-0.39, 0.29) is 11.6 Å². The SMILES string of the molecule is COC(=O)C1=C(CN2CCN3C(=S)N(CC(C)(C)C(=O)O)CC3C2)NC(c2nccs2)=CC1c1ccc(F)c(F)c1C. The van der Waals surface area contributed by atoms with Gasteiger partial charge in [0.15, 0.2) is 16.7 Å². The van der Waals surface area contributed by atoms with Gasteiger partial charge < -0.3 is 25.0 Å². The highest BCUT2D eigenvalue weighted by Crippen LogP contribution is 2.38. The normalized spacial score (nSPS) is 21.3. The topological polar surface area (TPSA) is 98.2 Å². The first-order chi connectivity index (χ1) is 19.9. The lowest BCUT2D eigenvalue weighted by atomic mass is 9.84. The van der Waals surface area contributed by atoms with Crippen molar-refractivity contribution in [2.75, 3.05) is 46.4 Å². The van der Waals surface area contributed by atoms with Gasteiger partial charge in [0.25, 0.3) is 0 Å². The average molecular weight is 618 g/mol. The maximum Gasteiger partial charge on any atom is 0.336 e. The van der Waals surface area contributed by atoms with Crippen molar-refractivity contribution in [2.24, 2.45) is 5.41 Å². The lowest BCUT2D eigenvalue weighted by molar-refractivity contribution is -0.147. The average Bonchev–Trinajstić information content (AvgIpc) is 3.59. The Balaban J connectivity index is 1.46. The number of fused-ring (bicyclic) bond motifs is 1. The second kappa shape index (κ2) is 11.7. The summed E-state index contributed by atoms with van der Waals surface area (Å²) >= 11 is 7.13. The zero-order valence-electron chi connectivity index (χ0n) is 23.8. The van der Waals surface area contributed by atoms with E-state index in [2.05, 4.69) is 20.1 Å². The molecule has 2 fully saturated rings. The number of nitrogens with zero attached hydrogens (tertiary/aromatic N) is 4. The fourth-order valence-corrected chi connectivity index (χ4v) is 6.81. The Kier molecular flexibility index (Phi) is 8.37. The van der Waals surface area contributed by atoms with E-state index in [0.717, 1.165) is 6.07 Å². The number of piperazine rings is 1. The van der Waals surface area contributed by atoms with E-state index in [1.165, 1.54) is 31.4 Å². The summed E-state index contributed by atoms with van der Waals surface area (Å²) in [6.07, 6.45) is 3.49. The zero-order valence-corrected chi connectivity index (χ0v) is 25.5. The maximum absolute atomic E-state index is 14.7. The van der Waals surface area contributed by atoms with Crippen molar-refractivity contribution < 1.29 is 28.2 Å². The van der Waals surface area contributed by atoms with Crippen LogP contribution in [-0.2, 0) is 14.3 Å². The summed E-state index contributed by atoms with van der Waals surface area (Å²) in [6.45, 7) is 8.09. The summed E-state index contributed by atoms with van der Waals surface area (Å²) < 4.78 is 34.0. The number of thiazole rings is 1. The molecule has 3 aliphatic heterocycles. The minimum Gasteiger partial charge on any atom is -0.481 e. The van der Waals surface area contributed by atoms with Crippen molar-refractivity contribution in [3.63, 3.8) is 0 Å². The van der Waals surface area contributed by atoms with Crippen molar-refractivity contribution in [1.82, 2.24) is 25.0 Å². The number of hydrogen-bond donors (Lipinski definition) is 2. The van der Waals surface area contributed by atoms with E-state index >= 15 is 0 Å². The molecule has 0 aliphatic carbocycles. The van der Waals surface area contributed by atoms with Gasteiger partial charge in [0.1, 0.15) is 5.01 Å². The number of dihydropyridines is 1. The van der Waals surface area contributed by atoms with Crippen LogP contribution in [0.3, 0.4) is 0 Å². The van der Waals surface area contributed by atoms with Gasteiger partial charge in [-0.05, 0) is 56.3 Å². The Morgan fingerprint density at radius 1 is 1.26 bits per heavy atom. The van der Waals surface area contributed by atoms with Crippen LogP contribution in [0.5, 0.6) is 0 Å². The van der Waals surface area contributed by atoms with Crippen LogP contribution in [0.15, 0.2) is 41.1 Å². The number of benzene rings is 1. The Labute approximate surface area is 252 Å². The lowest BCUT2D eigenvalue weighted by Crippen LogP contribution is -2.53. The van der Waals surface area contributed by atoms with Crippen LogP contribution in [0.4, 0.5) is 8.78 Å². The monoisotopic (exact) mass is 617 g/mol. The fourth-order valence-electron chi connectivity index (χ4n) is 5.81. The Bertz CT molecular complexity index is 1480. The molecule has 42 heavy (non-hydrogen) atoms. The number of halogens is 2. The van der Waals surface area contributed by atoms with Gasteiger partial charge in [-0.1, -0.05) is 6.07 Å². The highest BCUT2D eigenvalue weighted by molar-refractivity contribution is 7.80. The quantitative estimate of drug-likeness (QED) is 0.338. The number of carbonyl (C=O) groups excluding carboxylic acids is 1. The predicted molar refractivity (Wildman–Crippen MR) is 159 cm³/mol. The van der Waals surface area contributed by atoms with Gasteiger partial charge in [-0.15, -0.1) is 11.3 Å². The summed E-state index contributed by atoms with van der Waals surface area (Å²) in [5, 5.41) is 16.2. The molecule has 1 aromatic heterocycles. The molecule has 1 aromatic carbocycles. The molecule has 2 N–H and O–H groups in total. The highest BCUT2D eigenvalue weighted by atomic mass is 32.1. The summed E-state index contributed by atoms with van der Waals surface area (Å²) in [7, 11) is 1.30. The van der Waals surface area contributed by atoms with E-state index in [4.69, 9.17) is 17.0 Å². The molecule has 9 nitrogen and oxygen atoms in total. The minimum atomic E-state index is -0.954. The summed E-state index contributed by atoms with van der Waals surface area (Å²) in [5.74, 6) is -4.05. The molecule has 13 heteroatoms. The van der Waals surface area contributed by atoms with Crippen molar-refractivity contribution in [3.05, 3.63) is 68.8 Å². The van der Waals surface area contributed by atoms with Crippen LogP contribution in [0.25, 0.3) is 5.70 Å². The maximum atomic E-state index is 14.7. The van der Waals surface area contributed by atoms with E-state index in [1.807, 2.05) is 16.4 Å². The number of methoxy groups -OCH3 is 1. The molecule has 0 saturated carbocycles. The molecule has 2 aromatic rings. The number of hydrogen-bond acceptors (Lipinski definition) is 8. The second-order valence-electron chi connectivity index (χ2n) is 11.4. The molecule has 2 unspecified atom stereocenters. The van der Waals surface area contributed by atoms with Crippen LogP contribution >= 0.6 is 23.6 Å². The fraction of sp³-hybridized carbons (Fsp3) is 0.448. The molecular weight excluding hydrogens is 584 g/mol. The standard InChI is InChI=1S/C29H33F2N5O4S2/c1-16-18(5-6-20(30)24(16)31)19-11-21(25-32-7-10-42-25)33-22(23(19)26(37)40-4)14-34-8-9-36-17(12-34)13-35(28(36)41)15-29(2,3)27(38)39/h5-7,10-11,17,19,33H,8-9,12-15H2,1-4H3,(H,38,39). The summed E-state index contributed by atoms with van der Waals surface area (Å²) in [6, 6.07) is 2.64. The molecule has 0 bridgehead atoms. The van der Waals surface area contributed by atoms with E-state index in [0.29, 0.717) is 71.9 Å². The Hall–Kier alpha value is -3.42. The molecule has 3 aliphatic rings. The summed E-state index contributed by atoms with van der Waals surface area (Å²) in [5.41, 5.74) is 1.22. The molecule has 0 spiro atoms. The first-order valence-corrected chi connectivity index (χ1v) is 14.9. The molecule has 0 radical (unpaired) electrons. The number of aliphatic carboxylic acids is 1. The number of carbonyl (C=O) groups is 2. The third-order valence-corrected chi connectivity index (χ3v) is 9.40. The number of thiocarbonyl (C=S) groups is 1. The van der Waals surface area contributed by atoms with Gasteiger partial charge in [-0.25, -0.2) is 18.6 Å². The third-order valence-electron chi connectivity index (χ3n) is 8.10. The van der Waals surface area contributed by atoms with Crippen molar-refractivity contribution >= 4 is 46.3 Å². The van der Waals surface area contributed by atoms with Gasteiger partial charge in [-0.2, -0.15) is 0 Å². The molecule has 2 saturated heterocycles. The number of rotatable bonds is 8. The van der Waals surface area contributed by atoms with Crippen LogP contribution in [0.1, 0.15) is 35.9 Å². The highest BCUT2D eigenvalue weighted by Gasteiger charge is 2.42. The number of allylic oxidation sites excluding steroid dienone is 1. The van der Waals surface area contributed by atoms with Gasteiger partial charge in [0.2, 0.25) is 0 Å². The van der Waals surface area contributed by atoms with Gasteiger partial charge in [0.05, 0.1) is 29.8 Å². The number of aromatic nitrogens is 1. The first kappa shape index (κ1) is 30.1. The molecular formula is C29H33F2N5O4S2. The van der Waals surface area contributed by atoms with E-state index in [1.54, 1.807) is 20.0 Å². The zero-order chi connectivity index (χ0) is 30.3. The van der Waals surface area contributed by atoms with Crippen molar-refractivity contribution in [1.29, 1.82) is 0 Å². The van der Waals surface area contributed by atoms with Crippen molar-refractivity contribution in [2.45, 2.75) is 32.7 Å². The molecule has 0 amide bonds. The first-order valence-electron chi connectivity index (χ1n) is 13.6. The largest absolute Gasteiger partial charge is 0.481 e. The smallest absolute Gasteiger partial charge is 0.336 e. The molecule has 224 valence electrons. The van der Waals surface area contributed by atoms with Gasteiger partial charge >= 0.3 is 11.9 Å². The Morgan fingerprint density at radius 2 is 2.02 bits per heavy atom. The number of esters is 1. The number of carboxylic acid groups (broad SMARTS) is 1. The van der Waals surface area contributed by atoms with Gasteiger partial charge in [-0.3, -0.25) is 9.69 Å². The minimum absolute atomic E-state index is 0.0554. The van der Waals surface area contributed by atoms with E-state index < -0.39 is 34.9 Å². The molecule has 2 atom stereocenters. The van der Waals surface area contributed by atoms with Gasteiger partial charge in [0, 0.05) is 62.5 Å². The predicted octanol–water partition coefficient (Wildman–Crippen LogP) is 3.58. The molecule has 4 heterocycles. The van der Waals surface area contributed by atoms with E-state index in [9.17, 15) is 23.5 Å². The molecule has 5 rings (SSSR count). The van der Waals surface area contributed by atoms with Crippen LogP contribution in [0, 0.1) is 24.0 Å². The number of carboxylic acids is 1. The number of ether oxygens (including phenoxy) is 1. The Morgan fingerprint density at radius 3 is 2.69 bits per heavy atom. The van der Waals surface area contributed by atoms with Crippen LogP contribution in [0.2, 0.25) is 0 Å². The van der Waals surface area contributed by atoms with Crippen LogP contribution in [-0.4, -0.2) is 94.3 Å². The summed E-state index contributed by atoms with van der Waals surface area (Å²) in [4.78, 5) is 35.7.